The molecule has 1 unspecified atom stereocenters. The van der Waals surface area contributed by atoms with Crippen molar-refractivity contribution in [2.24, 2.45) is 0 Å². The number of benzene rings is 1. The quantitative estimate of drug-likeness (QED) is 0.847. The highest BCUT2D eigenvalue weighted by Crippen LogP contribution is 2.30. The Bertz CT molecular complexity index is 411. The molecule has 1 heterocycles. The number of aliphatic hydroxyl groups excluding tert-OH is 1. The van der Waals surface area contributed by atoms with Gasteiger partial charge >= 0.3 is 5.97 Å². The second kappa shape index (κ2) is 6.73. The number of β-amino-alcohol motifs (C(OH)–C–C–N with tert-alkyl or cyclic N) is 1. The van der Waals surface area contributed by atoms with E-state index in [0.29, 0.717) is 6.54 Å². The maximum absolute atomic E-state index is 11.2. The number of carbonyl (C=O) groups is 1. The average molecular weight is 272 g/mol. The minimum atomic E-state index is -0.357. The van der Waals surface area contributed by atoms with Crippen molar-refractivity contribution < 1.29 is 14.6 Å². The molecule has 0 radical (unpaired) electrons. The number of hydrogen-bond acceptors (Lipinski definition) is 4. The molecule has 1 aliphatic heterocycles. The molecule has 0 spiro atoms. The summed E-state index contributed by atoms with van der Waals surface area (Å²) < 4.78 is 5.36. The van der Waals surface area contributed by atoms with E-state index in [4.69, 9.17) is 9.84 Å². The molecule has 18 heavy (non-hydrogen) atoms. The summed E-state index contributed by atoms with van der Waals surface area (Å²) >= 11 is 0. The van der Waals surface area contributed by atoms with Gasteiger partial charge in [-0.05, 0) is 12.0 Å². The van der Waals surface area contributed by atoms with Gasteiger partial charge in [0.1, 0.15) is 0 Å². The molecular weight excluding hydrogens is 254 g/mol. The zero-order valence-electron chi connectivity index (χ0n) is 10.3. The number of esters is 1. The minimum absolute atomic E-state index is 0. The van der Waals surface area contributed by atoms with Gasteiger partial charge in [-0.25, -0.2) is 0 Å². The molecule has 0 aromatic heterocycles. The van der Waals surface area contributed by atoms with Crippen molar-refractivity contribution in [1.29, 1.82) is 0 Å². The highest BCUT2D eigenvalue weighted by atomic mass is 35.5. The Morgan fingerprint density at radius 2 is 2.22 bits per heavy atom. The van der Waals surface area contributed by atoms with Crippen LogP contribution in [0, 0.1) is 0 Å². The monoisotopic (exact) mass is 271 g/mol. The molecule has 0 saturated carbocycles. The van der Waals surface area contributed by atoms with Crippen molar-refractivity contribution >= 4 is 18.4 Å². The van der Waals surface area contributed by atoms with Gasteiger partial charge in [0, 0.05) is 25.6 Å². The summed E-state index contributed by atoms with van der Waals surface area (Å²) in [5, 5.41) is 9.04. The lowest BCUT2D eigenvalue weighted by Crippen LogP contribution is -2.39. The van der Waals surface area contributed by atoms with E-state index in [9.17, 15) is 4.79 Å². The summed E-state index contributed by atoms with van der Waals surface area (Å²) in [4.78, 5) is 13.2. The number of fused-ring (bicyclic) bond motifs is 1. The predicted molar refractivity (Wildman–Crippen MR) is 70.6 cm³/mol. The molecule has 0 bridgehead atoms. The molecule has 0 aliphatic carbocycles. The first-order chi connectivity index (χ1) is 8.22. The van der Waals surface area contributed by atoms with Crippen LogP contribution in [0.2, 0.25) is 0 Å². The number of nitrogens with zero attached hydrogens (tertiary/aromatic N) is 1. The second-order valence-corrected chi connectivity index (χ2v) is 4.17. The Hall–Kier alpha value is -1.10. The first-order valence-electron chi connectivity index (χ1n) is 5.82. The van der Waals surface area contributed by atoms with Crippen LogP contribution in [0.4, 0.5) is 0 Å². The molecule has 1 aromatic carbocycles. The summed E-state index contributed by atoms with van der Waals surface area (Å²) in [7, 11) is 0. The van der Waals surface area contributed by atoms with E-state index in [1.54, 1.807) is 0 Å². The predicted octanol–water partition coefficient (Wildman–Crippen LogP) is 1.52. The molecular formula is C13H18ClNO3. The van der Waals surface area contributed by atoms with Crippen molar-refractivity contribution in [3.05, 3.63) is 35.4 Å². The van der Waals surface area contributed by atoms with Crippen LogP contribution >= 0.6 is 12.4 Å². The van der Waals surface area contributed by atoms with Crippen molar-refractivity contribution in [3.63, 3.8) is 0 Å². The van der Waals surface area contributed by atoms with E-state index in [1.807, 2.05) is 23.1 Å². The normalized spacial score (nSPS) is 18.7. The zero-order valence-corrected chi connectivity index (χ0v) is 11.2. The van der Waals surface area contributed by atoms with Crippen molar-refractivity contribution in [2.75, 3.05) is 19.7 Å². The number of ether oxygens (including phenoxy) is 1. The lowest BCUT2D eigenvalue weighted by molar-refractivity contribution is -0.159. The fraction of sp³-hybridized carbons (Fsp3) is 0.462. The van der Waals surface area contributed by atoms with Crippen molar-refractivity contribution in [2.45, 2.75) is 19.6 Å². The molecule has 0 fully saturated rings. The van der Waals surface area contributed by atoms with E-state index in [-0.39, 0.29) is 31.2 Å². The van der Waals surface area contributed by atoms with E-state index in [2.05, 4.69) is 6.07 Å². The van der Waals surface area contributed by atoms with Gasteiger partial charge in [-0.15, -0.1) is 12.4 Å². The average Bonchev–Trinajstić information content (AvgIpc) is 2.32. The third kappa shape index (κ3) is 3.22. The Balaban J connectivity index is 0.00000162. The standard InChI is InChI=1S/C13H17NO3.ClH/c1-10(16)17-13-12-5-3-2-4-11(12)6-7-14(13)8-9-15;/h2-5,13,15H,6-9H2,1H3;1H. The SMILES string of the molecule is CC(=O)OC1c2ccccc2CCN1CCO.Cl. The fourth-order valence-corrected chi connectivity index (χ4v) is 2.23. The Kier molecular flexibility index (Phi) is 5.59. The van der Waals surface area contributed by atoms with Crippen LogP contribution in [0.3, 0.4) is 0 Å². The lowest BCUT2D eigenvalue weighted by atomic mass is 9.98. The van der Waals surface area contributed by atoms with Gasteiger partial charge in [-0.3, -0.25) is 9.69 Å². The molecule has 1 atom stereocenters. The minimum Gasteiger partial charge on any atom is -0.442 e. The highest BCUT2D eigenvalue weighted by Gasteiger charge is 2.28. The fourth-order valence-electron chi connectivity index (χ4n) is 2.23. The van der Waals surface area contributed by atoms with E-state index >= 15 is 0 Å². The third-order valence-corrected chi connectivity index (χ3v) is 2.99. The van der Waals surface area contributed by atoms with Crippen LogP contribution in [0.15, 0.2) is 24.3 Å². The highest BCUT2D eigenvalue weighted by molar-refractivity contribution is 5.85. The number of hydrogen-bond donors (Lipinski definition) is 1. The summed E-state index contributed by atoms with van der Waals surface area (Å²) in [6.07, 6.45) is 0.568. The third-order valence-electron chi connectivity index (χ3n) is 2.99. The molecule has 4 nitrogen and oxygen atoms in total. The summed E-state index contributed by atoms with van der Waals surface area (Å²) in [6, 6.07) is 7.97. The van der Waals surface area contributed by atoms with E-state index in [0.717, 1.165) is 18.5 Å². The molecule has 2 rings (SSSR count). The molecule has 100 valence electrons. The van der Waals surface area contributed by atoms with Crippen LogP contribution in [0.5, 0.6) is 0 Å². The first kappa shape index (κ1) is 15.0. The number of carbonyl (C=O) groups excluding carboxylic acids is 1. The second-order valence-electron chi connectivity index (χ2n) is 4.17. The zero-order chi connectivity index (χ0) is 12.3. The van der Waals surface area contributed by atoms with Gasteiger partial charge in [0.05, 0.1) is 6.61 Å². The van der Waals surface area contributed by atoms with Crippen molar-refractivity contribution in [1.82, 2.24) is 4.90 Å². The molecule has 1 aliphatic rings. The molecule has 1 N–H and O–H groups in total. The van der Waals surface area contributed by atoms with Gasteiger partial charge in [0.15, 0.2) is 6.23 Å². The number of rotatable bonds is 3. The Morgan fingerprint density at radius 1 is 1.50 bits per heavy atom. The summed E-state index contributed by atoms with van der Waals surface area (Å²) in [5.74, 6) is -0.297. The Morgan fingerprint density at radius 3 is 2.89 bits per heavy atom. The maximum atomic E-state index is 11.2. The number of aliphatic hydroxyl groups is 1. The maximum Gasteiger partial charge on any atom is 0.304 e. The van der Waals surface area contributed by atoms with Gasteiger partial charge in [-0.1, -0.05) is 24.3 Å². The molecule has 5 heteroatoms. The summed E-state index contributed by atoms with van der Waals surface area (Å²) in [5.41, 5.74) is 2.25. The topological polar surface area (TPSA) is 49.8 Å². The lowest BCUT2D eigenvalue weighted by Gasteiger charge is -2.35. The smallest absolute Gasteiger partial charge is 0.304 e. The molecule has 1 aromatic rings. The largest absolute Gasteiger partial charge is 0.442 e. The van der Waals surface area contributed by atoms with Gasteiger partial charge in [-0.2, -0.15) is 0 Å². The van der Waals surface area contributed by atoms with Gasteiger partial charge in [0.2, 0.25) is 0 Å². The van der Waals surface area contributed by atoms with Crippen LogP contribution in [0.1, 0.15) is 24.3 Å². The molecule has 0 saturated heterocycles. The van der Waals surface area contributed by atoms with Crippen LogP contribution in [-0.4, -0.2) is 35.7 Å². The summed E-state index contributed by atoms with van der Waals surface area (Å²) in [6.45, 7) is 2.80. The molecule has 0 amide bonds. The van der Waals surface area contributed by atoms with Gasteiger partial charge in [0.25, 0.3) is 0 Å². The van der Waals surface area contributed by atoms with Crippen molar-refractivity contribution in [3.8, 4) is 0 Å². The van der Waals surface area contributed by atoms with Crippen LogP contribution in [0.25, 0.3) is 0 Å². The van der Waals surface area contributed by atoms with Crippen LogP contribution < -0.4 is 0 Å². The first-order valence-corrected chi connectivity index (χ1v) is 5.82. The van der Waals surface area contributed by atoms with Crippen LogP contribution in [-0.2, 0) is 16.0 Å². The van der Waals surface area contributed by atoms with E-state index in [1.165, 1.54) is 12.5 Å². The number of halogens is 1. The van der Waals surface area contributed by atoms with E-state index < -0.39 is 0 Å². The Labute approximate surface area is 113 Å². The van der Waals surface area contributed by atoms with Gasteiger partial charge < -0.3 is 9.84 Å².